The number of pyridine rings is 1. The highest BCUT2D eigenvalue weighted by atomic mass is 16.5. The van der Waals surface area contributed by atoms with Gasteiger partial charge in [0, 0.05) is 45.0 Å². The van der Waals surface area contributed by atoms with Gasteiger partial charge < -0.3 is 19.9 Å². The number of ether oxygens (including phenoxy) is 2. The predicted octanol–water partition coefficient (Wildman–Crippen LogP) is 0.967. The number of methoxy groups -OCH3 is 2. The first-order valence-corrected chi connectivity index (χ1v) is 5.99. The number of nitrogens with one attached hydrogen (secondary N) is 1. The van der Waals surface area contributed by atoms with Crippen molar-refractivity contribution in [3.8, 4) is 5.88 Å². The van der Waals surface area contributed by atoms with E-state index in [1.165, 1.54) is 0 Å². The van der Waals surface area contributed by atoms with Gasteiger partial charge in [-0.15, -0.1) is 0 Å². The number of hydrogen-bond donors (Lipinski definition) is 2. The van der Waals surface area contributed by atoms with Crippen molar-refractivity contribution in [2.24, 2.45) is 0 Å². The van der Waals surface area contributed by atoms with Gasteiger partial charge in [-0.1, -0.05) is 6.07 Å². The van der Waals surface area contributed by atoms with Gasteiger partial charge in [-0.2, -0.15) is 0 Å². The Hall–Kier alpha value is -1.17. The molecule has 1 heterocycles. The summed E-state index contributed by atoms with van der Waals surface area (Å²) >= 11 is 0. The molecular formula is C13H22N2O3. The summed E-state index contributed by atoms with van der Waals surface area (Å²) < 4.78 is 10.1. The largest absolute Gasteiger partial charge is 0.481 e. The van der Waals surface area contributed by atoms with Crippen molar-refractivity contribution in [1.82, 2.24) is 10.3 Å². The van der Waals surface area contributed by atoms with Crippen LogP contribution in [-0.4, -0.2) is 43.1 Å². The first-order valence-electron chi connectivity index (χ1n) is 5.99. The average Bonchev–Trinajstić information content (AvgIpc) is 2.37. The van der Waals surface area contributed by atoms with Crippen LogP contribution in [0.3, 0.4) is 0 Å². The molecule has 2 N–H and O–H groups in total. The molecule has 0 bridgehead atoms. The Bertz CT molecular complexity index is 356. The second-order valence-corrected chi connectivity index (χ2v) is 4.52. The van der Waals surface area contributed by atoms with E-state index in [0.717, 1.165) is 5.56 Å². The van der Waals surface area contributed by atoms with Crippen molar-refractivity contribution in [1.29, 1.82) is 0 Å². The number of nitrogens with zero attached hydrogens (tertiary/aromatic N) is 1. The molecule has 0 amide bonds. The summed E-state index contributed by atoms with van der Waals surface area (Å²) in [6, 6.07) is 3.81. The standard InChI is InChI=1S/C13H22N2O3/c1-13(16,6-8-17-2)10-14-9-11-5-4-7-15-12(11)18-3/h4-5,7,14,16H,6,8-10H2,1-3H3. The van der Waals surface area contributed by atoms with E-state index in [-0.39, 0.29) is 0 Å². The zero-order chi connectivity index (χ0) is 13.4. The van der Waals surface area contributed by atoms with E-state index in [2.05, 4.69) is 10.3 Å². The monoisotopic (exact) mass is 254 g/mol. The number of aliphatic hydroxyl groups is 1. The van der Waals surface area contributed by atoms with E-state index in [1.54, 1.807) is 27.3 Å². The third-order valence-electron chi connectivity index (χ3n) is 2.71. The van der Waals surface area contributed by atoms with Crippen LogP contribution in [0.4, 0.5) is 0 Å². The molecule has 0 fully saturated rings. The first kappa shape index (κ1) is 14.9. The molecule has 5 heteroatoms. The van der Waals surface area contributed by atoms with Crippen molar-refractivity contribution in [2.45, 2.75) is 25.5 Å². The van der Waals surface area contributed by atoms with E-state index in [4.69, 9.17) is 9.47 Å². The molecule has 0 saturated carbocycles. The van der Waals surface area contributed by atoms with Gasteiger partial charge in [0.1, 0.15) is 0 Å². The molecule has 0 aliphatic carbocycles. The van der Waals surface area contributed by atoms with Gasteiger partial charge in [0.05, 0.1) is 12.7 Å². The molecule has 0 saturated heterocycles. The van der Waals surface area contributed by atoms with Crippen molar-refractivity contribution in [2.75, 3.05) is 27.4 Å². The Kier molecular flexibility index (Phi) is 6.04. The summed E-state index contributed by atoms with van der Waals surface area (Å²) in [5, 5.41) is 13.3. The van der Waals surface area contributed by atoms with E-state index in [0.29, 0.717) is 32.0 Å². The number of rotatable bonds is 8. The SMILES string of the molecule is COCCC(C)(O)CNCc1cccnc1OC. The molecule has 5 nitrogen and oxygen atoms in total. The first-order chi connectivity index (χ1) is 8.59. The molecule has 0 aliphatic rings. The van der Waals surface area contributed by atoms with Crippen molar-refractivity contribution in [3.05, 3.63) is 23.9 Å². The van der Waals surface area contributed by atoms with Crippen LogP contribution in [0.5, 0.6) is 5.88 Å². The van der Waals surface area contributed by atoms with Crippen molar-refractivity contribution >= 4 is 0 Å². The fourth-order valence-corrected chi connectivity index (χ4v) is 1.62. The van der Waals surface area contributed by atoms with Crippen LogP contribution in [0.1, 0.15) is 18.9 Å². The fourth-order valence-electron chi connectivity index (χ4n) is 1.62. The maximum atomic E-state index is 10.1. The molecular weight excluding hydrogens is 232 g/mol. The molecule has 1 unspecified atom stereocenters. The van der Waals surface area contributed by atoms with Crippen LogP contribution in [-0.2, 0) is 11.3 Å². The Balaban J connectivity index is 2.41. The lowest BCUT2D eigenvalue weighted by Gasteiger charge is -2.23. The summed E-state index contributed by atoms with van der Waals surface area (Å²) in [6.45, 7) is 3.44. The zero-order valence-electron chi connectivity index (χ0n) is 11.3. The zero-order valence-corrected chi connectivity index (χ0v) is 11.3. The number of aromatic nitrogens is 1. The minimum atomic E-state index is -0.772. The minimum absolute atomic E-state index is 0.494. The topological polar surface area (TPSA) is 63.6 Å². The predicted molar refractivity (Wildman–Crippen MR) is 69.6 cm³/mol. The molecule has 1 rings (SSSR count). The van der Waals surface area contributed by atoms with Crippen LogP contribution >= 0.6 is 0 Å². The second-order valence-electron chi connectivity index (χ2n) is 4.52. The quantitative estimate of drug-likeness (QED) is 0.723. The summed E-state index contributed by atoms with van der Waals surface area (Å²) in [5.41, 5.74) is 0.202. The van der Waals surface area contributed by atoms with Gasteiger partial charge in [-0.05, 0) is 13.0 Å². The number of hydrogen-bond acceptors (Lipinski definition) is 5. The molecule has 0 aliphatic heterocycles. The van der Waals surface area contributed by atoms with Gasteiger partial charge in [0.2, 0.25) is 5.88 Å². The maximum Gasteiger partial charge on any atom is 0.217 e. The van der Waals surface area contributed by atoms with Gasteiger partial charge in [0.15, 0.2) is 0 Å². The van der Waals surface area contributed by atoms with Crippen LogP contribution in [0.15, 0.2) is 18.3 Å². The highest BCUT2D eigenvalue weighted by Crippen LogP contribution is 2.14. The highest BCUT2D eigenvalue weighted by molar-refractivity contribution is 5.24. The summed E-state index contributed by atoms with van der Waals surface area (Å²) in [4.78, 5) is 4.12. The Labute approximate surface area is 108 Å². The molecule has 1 atom stereocenters. The molecule has 1 aromatic rings. The van der Waals surface area contributed by atoms with Gasteiger partial charge in [-0.3, -0.25) is 0 Å². The maximum absolute atomic E-state index is 10.1. The highest BCUT2D eigenvalue weighted by Gasteiger charge is 2.19. The second kappa shape index (κ2) is 7.31. The smallest absolute Gasteiger partial charge is 0.217 e. The van der Waals surface area contributed by atoms with Crippen molar-refractivity contribution < 1.29 is 14.6 Å². The molecule has 1 aromatic heterocycles. The van der Waals surface area contributed by atoms with Crippen LogP contribution in [0.2, 0.25) is 0 Å². The van der Waals surface area contributed by atoms with Crippen LogP contribution in [0.25, 0.3) is 0 Å². The van der Waals surface area contributed by atoms with Crippen LogP contribution < -0.4 is 10.1 Å². The molecule has 0 aromatic carbocycles. The minimum Gasteiger partial charge on any atom is -0.481 e. The Morgan fingerprint density at radius 1 is 1.44 bits per heavy atom. The van der Waals surface area contributed by atoms with E-state index in [9.17, 15) is 5.11 Å². The van der Waals surface area contributed by atoms with Crippen molar-refractivity contribution in [3.63, 3.8) is 0 Å². The fraction of sp³-hybridized carbons (Fsp3) is 0.615. The normalized spacial score (nSPS) is 14.2. The van der Waals surface area contributed by atoms with Crippen LogP contribution in [0, 0.1) is 0 Å². The summed E-state index contributed by atoms with van der Waals surface area (Å²) in [6.07, 6.45) is 2.29. The average molecular weight is 254 g/mol. The van der Waals surface area contributed by atoms with Gasteiger partial charge in [0.25, 0.3) is 0 Å². The summed E-state index contributed by atoms with van der Waals surface area (Å²) in [7, 11) is 3.23. The lowest BCUT2D eigenvalue weighted by molar-refractivity contribution is 0.0247. The van der Waals surface area contributed by atoms with E-state index < -0.39 is 5.60 Å². The summed E-state index contributed by atoms with van der Waals surface area (Å²) in [5.74, 6) is 0.613. The molecule has 18 heavy (non-hydrogen) atoms. The third-order valence-corrected chi connectivity index (χ3v) is 2.71. The van der Waals surface area contributed by atoms with Gasteiger partial charge in [-0.25, -0.2) is 4.98 Å². The van der Waals surface area contributed by atoms with E-state index in [1.807, 2.05) is 12.1 Å². The van der Waals surface area contributed by atoms with Gasteiger partial charge >= 0.3 is 0 Å². The lowest BCUT2D eigenvalue weighted by Crippen LogP contribution is -2.38. The Morgan fingerprint density at radius 3 is 2.89 bits per heavy atom. The molecule has 102 valence electrons. The molecule has 0 radical (unpaired) electrons. The molecule has 0 spiro atoms. The third kappa shape index (κ3) is 5.00. The Morgan fingerprint density at radius 2 is 2.22 bits per heavy atom. The lowest BCUT2D eigenvalue weighted by atomic mass is 10.0. The van der Waals surface area contributed by atoms with E-state index >= 15 is 0 Å².